The van der Waals surface area contributed by atoms with Crippen LogP contribution in [0.5, 0.6) is 5.88 Å². The normalized spacial score (nSPS) is 13.5. The number of aryl methyl sites for hydroxylation is 2. The number of carbonyl (C=O) groups excluding carboxylic acids is 1. The summed E-state index contributed by atoms with van der Waals surface area (Å²) < 4.78 is 33.4. The van der Waals surface area contributed by atoms with Crippen molar-refractivity contribution in [1.29, 1.82) is 0 Å². The number of amides is 1. The van der Waals surface area contributed by atoms with Crippen LogP contribution in [0.2, 0.25) is 0 Å². The molecule has 0 aliphatic rings. The summed E-state index contributed by atoms with van der Waals surface area (Å²) in [7, 11) is 3.05. The summed E-state index contributed by atoms with van der Waals surface area (Å²) in [4.78, 5) is 12.4. The molecule has 24 heavy (non-hydrogen) atoms. The van der Waals surface area contributed by atoms with Crippen molar-refractivity contribution in [1.82, 2.24) is 15.1 Å². The molecule has 1 aromatic carbocycles. The van der Waals surface area contributed by atoms with E-state index >= 15 is 0 Å². The Balaban J connectivity index is 2.19. The Labute approximate surface area is 138 Å². The highest BCUT2D eigenvalue weighted by molar-refractivity contribution is 5.97. The highest BCUT2D eigenvalue weighted by atomic mass is 19.1. The van der Waals surface area contributed by atoms with Crippen LogP contribution in [-0.2, 0) is 12.6 Å². The molecule has 2 aromatic rings. The third kappa shape index (κ3) is 3.38. The fourth-order valence-electron chi connectivity index (χ4n) is 2.49. The highest BCUT2D eigenvalue weighted by Crippen LogP contribution is 2.25. The highest BCUT2D eigenvalue weighted by Gasteiger charge is 2.29. The average Bonchev–Trinajstić information content (AvgIpc) is 2.78. The molecule has 0 saturated heterocycles. The van der Waals surface area contributed by atoms with Crippen molar-refractivity contribution in [3.63, 3.8) is 0 Å². The van der Waals surface area contributed by atoms with Gasteiger partial charge in [0.05, 0.1) is 19.3 Å². The fourth-order valence-corrected chi connectivity index (χ4v) is 2.49. The standard InChI is InChI=1S/C16H19F2N3O3/c1-9-13(15(24-4)21(3)20-9)14(22)19-8-16(2,23)11-6-5-10(17)7-12(11)18/h5-7,23H,8H2,1-4H3,(H,19,22). The summed E-state index contributed by atoms with van der Waals surface area (Å²) >= 11 is 0. The van der Waals surface area contributed by atoms with Crippen molar-refractivity contribution < 1.29 is 23.4 Å². The van der Waals surface area contributed by atoms with Crippen LogP contribution in [0.4, 0.5) is 8.78 Å². The van der Waals surface area contributed by atoms with E-state index in [1.165, 1.54) is 18.7 Å². The number of aliphatic hydroxyl groups is 1. The largest absolute Gasteiger partial charge is 0.481 e. The minimum atomic E-state index is -1.71. The molecule has 1 aromatic heterocycles. The maximum atomic E-state index is 13.8. The number of ether oxygens (including phenoxy) is 1. The van der Waals surface area contributed by atoms with Gasteiger partial charge < -0.3 is 15.2 Å². The molecule has 6 nitrogen and oxygen atoms in total. The molecule has 0 aliphatic heterocycles. The van der Waals surface area contributed by atoms with Gasteiger partial charge in [-0.05, 0) is 19.9 Å². The van der Waals surface area contributed by atoms with E-state index in [0.717, 1.165) is 12.1 Å². The predicted molar refractivity (Wildman–Crippen MR) is 82.8 cm³/mol. The Kier molecular flexibility index (Phi) is 4.88. The van der Waals surface area contributed by atoms with E-state index in [4.69, 9.17) is 4.74 Å². The summed E-state index contributed by atoms with van der Waals surface area (Å²) in [5.74, 6) is -1.87. The molecule has 1 unspecified atom stereocenters. The quantitative estimate of drug-likeness (QED) is 0.868. The van der Waals surface area contributed by atoms with Crippen LogP contribution in [0.1, 0.15) is 28.5 Å². The Morgan fingerprint density at radius 3 is 2.71 bits per heavy atom. The van der Waals surface area contributed by atoms with E-state index in [-0.39, 0.29) is 23.6 Å². The van der Waals surface area contributed by atoms with Crippen LogP contribution >= 0.6 is 0 Å². The van der Waals surface area contributed by atoms with Crippen molar-refractivity contribution in [2.45, 2.75) is 19.4 Å². The van der Waals surface area contributed by atoms with Crippen molar-refractivity contribution >= 4 is 5.91 Å². The summed E-state index contributed by atoms with van der Waals surface area (Å²) in [6.45, 7) is 2.71. The number of hydrogen-bond acceptors (Lipinski definition) is 4. The van der Waals surface area contributed by atoms with Gasteiger partial charge in [-0.2, -0.15) is 5.10 Å². The lowest BCUT2D eigenvalue weighted by Crippen LogP contribution is -2.39. The minimum Gasteiger partial charge on any atom is -0.481 e. The van der Waals surface area contributed by atoms with Crippen LogP contribution in [-0.4, -0.2) is 34.4 Å². The maximum Gasteiger partial charge on any atom is 0.258 e. The van der Waals surface area contributed by atoms with Gasteiger partial charge in [-0.3, -0.25) is 4.79 Å². The summed E-state index contributed by atoms with van der Waals surface area (Å²) in [6.07, 6.45) is 0. The van der Waals surface area contributed by atoms with E-state index in [1.54, 1.807) is 14.0 Å². The topological polar surface area (TPSA) is 76.4 Å². The smallest absolute Gasteiger partial charge is 0.258 e. The lowest BCUT2D eigenvalue weighted by atomic mass is 9.95. The number of nitrogens with one attached hydrogen (secondary N) is 1. The average molecular weight is 339 g/mol. The van der Waals surface area contributed by atoms with Crippen molar-refractivity contribution in [3.05, 3.63) is 46.7 Å². The zero-order valence-electron chi connectivity index (χ0n) is 13.9. The van der Waals surface area contributed by atoms with Crippen LogP contribution < -0.4 is 10.1 Å². The third-order valence-corrected chi connectivity index (χ3v) is 3.69. The first-order valence-corrected chi connectivity index (χ1v) is 7.21. The first-order chi connectivity index (χ1) is 11.2. The molecule has 0 fully saturated rings. The molecule has 2 rings (SSSR count). The van der Waals surface area contributed by atoms with Gasteiger partial charge in [-0.25, -0.2) is 13.5 Å². The zero-order chi connectivity index (χ0) is 18.1. The maximum absolute atomic E-state index is 13.8. The summed E-state index contributed by atoms with van der Waals surface area (Å²) in [5, 5.41) is 17.0. The Hall–Kier alpha value is -2.48. The van der Waals surface area contributed by atoms with E-state index < -0.39 is 23.1 Å². The molecular weight excluding hydrogens is 320 g/mol. The fraction of sp³-hybridized carbons (Fsp3) is 0.375. The van der Waals surface area contributed by atoms with Gasteiger partial charge in [0, 0.05) is 18.7 Å². The number of aromatic nitrogens is 2. The lowest BCUT2D eigenvalue weighted by Gasteiger charge is -2.24. The van der Waals surface area contributed by atoms with E-state index in [2.05, 4.69) is 10.4 Å². The molecule has 1 atom stereocenters. The number of methoxy groups -OCH3 is 1. The molecule has 8 heteroatoms. The van der Waals surface area contributed by atoms with E-state index in [9.17, 15) is 18.7 Å². The first-order valence-electron chi connectivity index (χ1n) is 7.21. The SMILES string of the molecule is COc1c(C(=O)NCC(C)(O)c2ccc(F)cc2F)c(C)nn1C. The molecule has 130 valence electrons. The van der Waals surface area contributed by atoms with E-state index in [0.29, 0.717) is 11.8 Å². The molecule has 0 aliphatic carbocycles. The van der Waals surface area contributed by atoms with Crippen LogP contribution in [0.25, 0.3) is 0 Å². The molecule has 1 heterocycles. The molecule has 0 spiro atoms. The van der Waals surface area contributed by atoms with Crippen LogP contribution in [0.15, 0.2) is 18.2 Å². The predicted octanol–water partition coefficient (Wildman–Crippen LogP) is 1.65. The zero-order valence-corrected chi connectivity index (χ0v) is 13.9. The number of nitrogens with zero attached hydrogens (tertiary/aromatic N) is 2. The lowest BCUT2D eigenvalue weighted by molar-refractivity contribution is 0.0493. The van der Waals surface area contributed by atoms with Gasteiger partial charge in [0.2, 0.25) is 5.88 Å². The molecule has 0 saturated carbocycles. The second kappa shape index (κ2) is 6.56. The van der Waals surface area contributed by atoms with Crippen LogP contribution in [0.3, 0.4) is 0 Å². The monoisotopic (exact) mass is 339 g/mol. The number of rotatable bonds is 5. The summed E-state index contributed by atoms with van der Waals surface area (Å²) in [5.41, 5.74) is -1.13. The Morgan fingerprint density at radius 1 is 1.46 bits per heavy atom. The number of halogens is 2. The molecule has 0 radical (unpaired) electrons. The molecular formula is C16H19F2N3O3. The van der Waals surface area contributed by atoms with Gasteiger partial charge in [0.1, 0.15) is 22.8 Å². The minimum absolute atomic E-state index is 0.112. The van der Waals surface area contributed by atoms with Crippen LogP contribution in [0, 0.1) is 18.6 Å². The van der Waals surface area contributed by atoms with Gasteiger partial charge in [0.15, 0.2) is 0 Å². The third-order valence-electron chi connectivity index (χ3n) is 3.69. The second-order valence-electron chi connectivity index (χ2n) is 5.67. The second-order valence-corrected chi connectivity index (χ2v) is 5.67. The number of hydrogen-bond donors (Lipinski definition) is 2. The first kappa shape index (κ1) is 17.9. The summed E-state index contributed by atoms with van der Waals surface area (Å²) in [6, 6.07) is 2.87. The van der Waals surface area contributed by atoms with Crippen molar-refractivity contribution in [3.8, 4) is 5.88 Å². The molecule has 2 N–H and O–H groups in total. The number of carbonyl (C=O) groups is 1. The van der Waals surface area contributed by atoms with E-state index in [1.807, 2.05) is 0 Å². The van der Waals surface area contributed by atoms with Gasteiger partial charge >= 0.3 is 0 Å². The molecule has 0 bridgehead atoms. The Morgan fingerprint density at radius 2 is 2.12 bits per heavy atom. The Bertz CT molecular complexity index is 772. The molecule has 1 amide bonds. The van der Waals surface area contributed by atoms with Crippen molar-refractivity contribution in [2.75, 3.05) is 13.7 Å². The van der Waals surface area contributed by atoms with Gasteiger partial charge in [0.25, 0.3) is 5.91 Å². The van der Waals surface area contributed by atoms with Crippen molar-refractivity contribution in [2.24, 2.45) is 7.05 Å². The van der Waals surface area contributed by atoms with Gasteiger partial charge in [-0.1, -0.05) is 6.07 Å². The number of benzene rings is 1. The van der Waals surface area contributed by atoms with Gasteiger partial charge in [-0.15, -0.1) is 0 Å².